The van der Waals surface area contributed by atoms with Gasteiger partial charge in [-0.25, -0.2) is 4.79 Å². The number of hydrogen-bond acceptors (Lipinski definition) is 3. The van der Waals surface area contributed by atoms with E-state index in [-0.39, 0.29) is 12.0 Å². The number of fused-ring (bicyclic) bond motifs is 2. The minimum atomic E-state index is -0.410. The molecule has 2 N–H and O–H groups in total. The first-order chi connectivity index (χ1) is 7.21. The second-order valence-corrected chi connectivity index (χ2v) is 4.43. The van der Waals surface area contributed by atoms with Gasteiger partial charge in [-0.3, -0.25) is 0 Å². The molecule has 0 amide bonds. The third-order valence-electron chi connectivity index (χ3n) is 3.44. The maximum atomic E-state index is 11.7. The van der Waals surface area contributed by atoms with E-state index in [1.54, 1.807) is 0 Å². The largest absolute Gasteiger partial charge is 0.450 e. The fourth-order valence-electron chi connectivity index (χ4n) is 2.73. The molecule has 1 fully saturated rings. The lowest BCUT2D eigenvalue weighted by molar-refractivity contribution is -0.00538. The van der Waals surface area contributed by atoms with Gasteiger partial charge in [0, 0.05) is 18.0 Å². The molecule has 15 heavy (non-hydrogen) atoms. The van der Waals surface area contributed by atoms with Gasteiger partial charge in [0.1, 0.15) is 5.60 Å². The van der Waals surface area contributed by atoms with Crippen molar-refractivity contribution in [2.75, 3.05) is 0 Å². The molecule has 3 nitrogen and oxygen atoms in total. The van der Waals surface area contributed by atoms with E-state index in [1.165, 1.54) is 0 Å². The molecule has 0 saturated heterocycles. The van der Waals surface area contributed by atoms with Crippen molar-refractivity contribution >= 4 is 5.97 Å². The van der Waals surface area contributed by atoms with E-state index in [2.05, 4.69) is 0 Å². The van der Waals surface area contributed by atoms with Crippen LogP contribution in [0.25, 0.3) is 0 Å². The van der Waals surface area contributed by atoms with Gasteiger partial charge in [0.05, 0.1) is 5.56 Å². The predicted molar refractivity (Wildman–Crippen MR) is 55.4 cm³/mol. The summed E-state index contributed by atoms with van der Waals surface area (Å²) in [6.07, 6.45) is 2.55. The van der Waals surface area contributed by atoms with Crippen LogP contribution >= 0.6 is 0 Å². The van der Waals surface area contributed by atoms with Gasteiger partial charge in [0.15, 0.2) is 0 Å². The maximum absolute atomic E-state index is 11.7. The Morgan fingerprint density at radius 3 is 2.93 bits per heavy atom. The van der Waals surface area contributed by atoms with Crippen LogP contribution in [0.15, 0.2) is 24.3 Å². The summed E-state index contributed by atoms with van der Waals surface area (Å²) in [4.78, 5) is 11.7. The van der Waals surface area contributed by atoms with Gasteiger partial charge in [0.25, 0.3) is 0 Å². The number of carbonyl (C=O) groups is 1. The standard InChI is InChI=1S/C12H13NO2/c13-8-5-6-12(7-8)10-4-2-1-3-9(10)11(14)15-12/h1-4,8H,5-7,13H2. The van der Waals surface area contributed by atoms with E-state index in [0.29, 0.717) is 5.56 Å². The van der Waals surface area contributed by atoms with Gasteiger partial charge >= 0.3 is 5.97 Å². The highest BCUT2D eigenvalue weighted by Gasteiger charge is 2.49. The summed E-state index contributed by atoms with van der Waals surface area (Å²) < 4.78 is 5.53. The zero-order chi connectivity index (χ0) is 10.5. The van der Waals surface area contributed by atoms with Crippen molar-refractivity contribution in [3.8, 4) is 0 Å². The predicted octanol–water partition coefficient (Wildman–Crippen LogP) is 1.56. The summed E-state index contributed by atoms with van der Waals surface area (Å²) >= 11 is 0. The van der Waals surface area contributed by atoms with E-state index in [0.717, 1.165) is 24.8 Å². The number of carbonyl (C=O) groups excluding carboxylic acids is 1. The van der Waals surface area contributed by atoms with Crippen molar-refractivity contribution in [2.45, 2.75) is 30.9 Å². The molecule has 0 bridgehead atoms. The average molecular weight is 203 g/mol. The number of hydrogen-bond donors (Lipinski definition) is 1. The Labute approximate surface area is 88.2 Å². The lowest BCUT2D eigenvalue weighted by Gasteiger charge is -2.22. The van der Waals surface area contributed by atoms with Crippen molar-refractivity contribution < 1.29 is 9.53 Å². The molecule has 78 valence electrons. The smallest absolute Gasteiger partial charge is 0.339 e. The van der Waals surface area contributed by atoms with Gasteiger partial charge in [0.2, 0.25) is 0 Å². The molecule has 1 aromatic carbocycles. The Morgan fingerprint density at radius 1 is 1.40 bits per heavy atom. The molecular weight excluding hydrogens is 190 g/mol. The monoisotopic (exact) mass is 203 g/mol. The zero-order valence-electron chi connectivity index (χ0n) is 8.40. The summed E-state index contributed by atoms with van der Waals surface area (Å²) in [5, 5.41) is 0. The third-order valence-corrected chi connectivity index (χ3v) is 3.44. The van der Waals surface area contributed by atoms with Crippen LogP contribution in [0.2, 0.25) is 0 Å². The van der Waals surface area contributed by atoms with Crippen molar-refractivity contribution in [3.05, 3.63) is 35.4 Å². The van der Waals surface area contributed by atoms with Crippen LogP contribution in [0.5, 0.6) is 0 Å². The fourth-order valence-corrected chi connectivity index (χ4v) is 2.73. The molecule has 1 aromatic rings. The maximum Gasteiger partial charge on any atom is 0.339 e. The van der Waals surface area contributed by atoms with Crippen LogP contribution in [0.4, 0.5) is 0 Å². The molecule has 1 saturated carbocycles. The number of ether oxygens (including phenoxy) is 1. The van der Waals surface area contributed by atoms with Gasteiger partial charge in [-0.2, -0.15) is 0 Å². The number of nitrogens with two attached hydrogens (primary N) is 1. The van der Waals surface area contributed by atoms with Crippen LogP contribution < -0.4 is 5.73 Å². The van der Waals surface area contributed by atoms with Gasteiger partial charge in [-0.05, 0) is 18.9 Å². The highest BCUT2D eigenvalue weighted by Crippen LogP contribution is 2.47. The van der Waals surface area contributed by atoms with Crippen LogP contribution in [0, 0.1) is 0 Å². The van der Waals surface area contributed by atoms with E-state index in [1.807, 2.05) is 24.3 Å². The first-order valence-corrected chi connectivity index (χ1v) is 5.30. The summed E-state index contributed by atoms with van der Waals surface area (Å²) in [7, 11) is 0. The van der Waals surface area contributed by atoms with E-state index in [9.17, 15) is 4.79 Å². The lowest BCUT2D eigenvalue weighted by Crippen LogP contribution is -2.25. The third kappa shape index (κ3) is 1.13. The summed E-state index contributed by atoms with van der Waals surface area (Å²) in [6.45, 7) is 0. The van der Waals surface area contributed by atoms with E-state index < -0.39 is 5.60 Å². The number of benzene rings is 1. The topological polar surface area (TPSA) is 52.3 Å². The van der Waals surface area contributed by atoms with Gasteiger partial charge < -0.3 is 10.5 Å². The van der Waals surface area contributed by atoms with Crippen LogP contribution in [0.1, 0.15) is 35.2 Å². The zero-order valence-corrected chi connectivity index (χ0v) is 8.40. The Hall–Kier alpha value is -1.35. The second kappa shape index (κ2) is 2.83. The van der Waals surface area contributed by atoms with Crippen LogP contribution in [-0.4, -0.2) is 12.0 Å². The normalized spacial score (nSPS) is 33.1. The second-order valence-electron chi connectivity index (χ2n) is 4.43. The molecule has 3 heteroatoms. The van der Waals surface area contributed by atoms with E-state index >= 15 is 0 Å². The molecule has 1 heterocycles. The molecule has 1 spiro atoms. The van der Waals surface area contributed by atoms with Crippen molar-refractivity contribution in [2.24, 2.45) is 5.73 Å². The Bertz CT molecular complexity index is 429. The molecule has 2 unspecified atom stereocenters. The van der Waals surface area contributed by atoms with Crippen molar-refractivity contribution in [1.29, 1.82) is 0 Å². The Morgan fingerprint density at radius 2 is 2.20 bits per heavy atom. The van der Waals surface area contributed by atoms with Crippen molar-refractivity contribution in [3.63, 3.8) is 0 Å². The molecule has 1 aliphatic heterocycles. The minimum Gasteiger partial charge on any atom is -0.450 e. The molecule has 0 aromatic heterocycles. The highest BCUT2D eigenvalue weighted by molar-refractivity contribution is 5.94. The summed E-state index contributed by atoms with van der Waals surface area (Å²) in [5.41, 5.74) is 7.24. The molecule has 3 rings (SSSR count). The fraction of sp³-hybridized carbons (Fsp3) is 0.417. The molecule has 0 radical (unpaired) electrons. The van der Waals surface area contributed by atoms with Gasteiger partial charge in [-0.15, -0.1) is 0 Å². The first-order valence-electron chi connectivity index (χ1n) is 5.30. The summed E-state index contributed by atoms with van der Waals surface area (Å²) in [5.74, 6) is -0.195. The molecular formula is C12H13NO2. The lowest BCUT2D eigenvalue weighted by atomic mass is 9.91. The minimum absolute atomic E-state index is 0.156. The van der Waals surface area contributed by atoms with Crippen LogP contribution in [-0.2, 0) is 10.3 Å². The SMILES string of the molecule is NC1CCC2(C1)OC(=O)c1ccccc12. The Balaban J connectivity index is 2.12. The van der Waals surface area contributed by atoms with Crippen molar-refractivity contribution in [1.82, 2.24) is 0 Å². The summed E-state index contributed by atoms with van der Waals surface area (Å²) in [6, 6.07) is 7.79. The number of rotatable bonds is 0. The highest BCUT2D eigenvalue weighted by atomic mass is 16.6. The average Bonchev–Trinajstić information content (AvgIpc) is 2.72. The Kier molecular flexibility index (Phi) is 1.68. The molecule has 2 aliphatic rings. The first kappa shape index (κ1) is 8.92. The quantitative estimate of drug-likeness (QED) is 0.651. The van der Waals surface area contributed by atoms with Crippen LogP contribution in [0.3, 0.4) is 0 Å². The molecule has 1 aliphatic carbocycles. The van der Waals surface area contributed by atoms with Gasteiger partial charge in [-0.1, -0.05) is 18.2 Å². The number of esters is 1. The van der Waals surface area contributed by atoms with E-state index in [4.69, 9.17) is 10.5 Å². The molecule has 2 atom stereocenters.